The van der Waals surface area contributed by atoms with Crippen LogP contribution in [0.2, 0.25) is 0 Å². The van der Waals surface area contributed by atoms with Crippen LogP contribution in [0.3, 0.4) is 0 Å². The second-order valence-electron chi connectivity index (χ2n) is 5.34. The van der Waals surface area contributed by atoms with Gasteiger partial charge in [-0.2, -0.15) is 0 Å². The Balaban J connectivity index is 0.00000225. The number of halogens is 2. The van der Waals surface area contributed by atoms with E-state index in [1.807, 2.05) is 13.0 Å². The first-order valence-electron chi connectivity index (χ1n) is 7.81. The lowest BCUT2D eigenvalue weighted by Crippen LogP contribution is -2.37. The summed E-state index contributed by atoms with van der Waals surface area (Å²) in [6, 6.07) is 4.77. The predicted molar refractivity (Wildman–Crippen MR) is 102 cm³/mol. The minimum Gasteiger partial charge on any atom is -0.472 e. The van der Waals surface area contributed by atoms with Crippen molar-refractivity contribution in [2.24, 2.45) is 4.99 Å². The normalized spacial score (nSPS) is 13.4. The van der Waals surface area contributed by atoms with Crippen molar-refractivity contribution in [3.05, 3.63) is 53.2 Å². The van der Waals surface area contributed by atoms with E-state index in [-0.39, 0.29) is 36.6 Å². The molecule has 0 spiro atoms. The van der Waals surface area contributed by atoms with E-state index >= 15 is 0 Å². The number of hydrogen-bond acceptors (Lipinski definition) is 4. The van der Waals surface area contributed by atoms with Gasteiger partial charge in [-0.05, 0) is 25.1 Å². The molecule has 8 heteroatoms. The highest BCUT2D eigenvalue weighted by Crippen LogP contribution is 2.29. The summed E-state index contributed by atoms with van der Waals surface area (Å²) in [5, 5.41) is 6.36. The molecule has 1 aromatic heterocycles. The van der Waals surface area contributed by atoms with Crippen LogP contribution in [0.25, 0.3) is 0 Å². The van der Waals surface area contributed by atoms with Gasteiger partial charge < -0.3 is 24.5 Å². The van der Waals surface area contributed by atoms with E-state index in [0.717, 1.165) is 23.2 Å². The van der Waals surface area contributed by atoms with Crippen molar-refractivity contribution in [1.82, 2.24) is 10.6 Å². The molecule has 136 valence electrons. The molecule has 1 aliphatic rings. The van der Waals surface area contributed by atoms with Crippen LogP contribution in [0, 0.1) is 5.82 Å². The number of fused-ring (bicyclic) bond motifs is 1. The first-order valence-corrected chi connectivity index (χ1v) is 7.81. The fourth-order valence-corrected chi connectivity index (χ4v) is 2.46. The summed E-state index contributed by atoms with van der Waals surface area (Å²) >= 11 is 0. The Labute approximate surface area is 162 Å². The largest absolute Gasteiger partial charge is 0.472 e. The Kier molecular flexibility index (Phi) is 7.51. The highest BCUT2D eigenvalue weighted by Gasteiger charge is 2.17. The zero-order valence-electron chi connectivity index (χ0n) is 13.9. The third kappa shape index (κ3) is 5.33. The van der Waals surface area contributed by atoms with Gasteiger partial charge in [-0.15, -0.1) is 24.0 Å². The van der Waals surface area contributed by atoms with Crippen molar-refractivity contribution in [3.8, 4) is 5.75 Å². The summed E-state index contributed by atoms with van der Waals surface area (Å²) < 4.78 is 29.5. The van der Waals surface area contributed by atoms with Crippen molar-refractivity contribution in [1.29, 1.82) is 0 Å². The van der Waals surface area contributed by atoms with Gasteiger partial charge in [0, 0.05) is 29.8 Å². The number of rotatable bonds is 5. The lowest BCUT2D eigenvalue weighted by atomic mass is 10.1. The Morgan fingerprint density at radius 3 is 2.96 bits per heavy atom. The molecule has 2 heterocycles. The fraction of sp³-hybridized carbons (Fsp3) is 0.353. The highest BCUT2D eigenvalue weighted by molar-refractivity contribution is 14.0. The minimum absolute atomic E-state index is 0. The van der Waals surface area contributed by atoms with E-state index in [4.69, 9.17) is 13.9 Å². The molecular weight excluding hydrogens is 440 g/mol. The maximum atomic E-state index is 13.8. The van der Waals surface area contributed by atoms with Crippen molar-refractivity contribution in [2.75, 3.05) is 13.3 Å². The first-order chi connectivity index (χ1) is 11.8. The Morgan fingerprint density at radius 1 is 1.32 bits per heavy atom. The van der Waals surface area contributed by atoms with Crippen LogP contribution in [-0.4, -0.2) is 19.3 Å². The van der Waals surface area contributed by atoms with Gasteiger partial charge in [0.25, 0.3) is 0 Å². The van der Waals surface area contributed by atoms with Gasteiger partial charge in [-0.3, -0.25) is 0 Å². The molecular formula is C17H21FIN3O3. The summed E-state index contributed by atoms with van der Waals surface area (Å²) in [6.45, 7) is 4.14. The number of ether oxygens (including phenoxy) is 2. The van der Waals surface area contributed by atoms with Crippen molar-refractivity contribution in [2.45, 2.75) is 26.6 Å². The Hall–Kier alpha value is -1.81. The molecule has 0 saturated heterocycles. The predicted octanol–water partition coefficient (Wildman–Crippen LogP) is 3.16. The van der Waals surface area contributed by atoms with Gasteiger partial charge in [0.1, 0.15) is 11.6 Å². The molecule has 0 atom stereocenters. The van der Waals surface area contributed by atoms with Crippen LogP contribution in [0.15, 0.2) is 40.1 Å². The lowest BCUT2D eigenvalue weighted by Gasteiger charge is -2.21. The molecule has 0 saturated carbocycles. The smallest absolute Gasteiger partial charge is 0.191 e. The third-order valence-corrected chi connectivity index (χ3v) is 3.54. The molecule has 3 rings (SSSR count). The van der Waals surface area contributed by atoms with Crippen LogP contribution in [0.5, 0.6) is 5.75 Å². The lowest BCUT2D eigenvalue weighted by molar-refractivity contribution is -0.0172. The number of benzene rings is 1. The number of nitrogens with one attached hydrogen (secondary N) is 2. The molecule has 0 unspecified atom stereocenters. The topological polar surface area (TPSA) is 68.0 Å². The van der Waals surface area contributed by atoms with E-state index in [1.165, 1.54) is 12.1 Å². The van der Waals surface area contributed by atoms with Crippen molar-refractivity contribution >= 4 is 29.9 Å². The number of furan rings is 1. The zero-order chi connectivity index (χ0) is 16.8. The second-order valence-corrected chi connectivity index (χ2v) is 5.34. The van der Waals surface area contributed by atoms with Gasteiger partial charge in [-0.25, -0.2) is 9.38 Å². The molecule has 1 aliphatic heterocycles. The molecule has 1 aromatic carbocycles. The van der Waals surface area contributed by atoms with Crippen LogP contribution in [0.4, 0.5) is 4.39 Å². The van der Waals surface area contributed by atoms with Crippen LogP contribution < -0.4 is 15.4 Å². The molecule has 0 bridgehead atoms. The fourth-order valence-electron chi connectivity index (χ4n) is 2.46. The standard InChI is InChI=1S/C17H20FN3O3.HI/c1-2-19-17(20-7-12-3-4-22-9-12)21-8-13-5-15(18)6-14-10-23-11-24-16(13)14;/h3-6,9H,2,7-8,10-11H2,1H3,(H2,19,20,21);1H. The van der Waals surface area contributed by atoms with Crippen molar-refractivity contribution in [3.63, 3.8) is 0 Å². The number of guanidine groups is 1. The Bertz CT molecular complexity index is 707. The molecule has 0 fully saturated rings. The minimum atomic E-state index is -0.306. The van der Waals surface area contributed by atoms with E-state index in [0.29, 0.717) is 31.4 Å². The first kappa shape index (κ1) is 19.5. The summed E-state index contributed by atoms with van der Waals surface area (Å²) in [5.41, 5.74) is 2.44. The highest BCUT2D eigenvalue weighted by atomic mass is 127. The van der Waals surface area contributed by atoms with Crippen LogP contribution in [0.1, 0.15) is 23.6 Å². The molecule has 2 aromatic rings. The number of aliphatic imine (C=N–C) groups is 1. The molecule has 2 N–H and O–H groups in total. The van der Waals surface area contributed by atoms with Crippen LogP contribution in [-0.2, 0) is 24.4 Å². The second kappa shape index (κ2) is 9.62. The van der Waals surface area contributed by atoms with E-state index < -0.39 is 0 Å². The molecule has 0 radical (unpaired) electrons. The van der Waals surface area contributed by atoms with Crippen LogP contribution >= 0.6 is 24.0 Å². The summed E-state index contributed by atoms with van der Waals surface area (Å²) in [6.07, 6.45) is 3.27. The summed E-state index contributed by atoms with van der Waals surface area (Å²) in [4.78, 5) is 4.48. The summed E-state index contributed by atoms with van der Waals surface area (Å²) in [7, 11) is 0. The molecule has 6 nitrogen and oxygen atoms in total. The quantitative estimate of drug-likeness (QED) is 0.407. The monoisotopic (exact) mass is 461 g/mol. The molecule has 0 aliphatic carbocycles. The zero-order valence-corrected chi connectivity index (χ0v) is 16.2. The average molecular weight is 461 g/mol. The van der Waals surface area contributed by atoms with Gasteiger partial charge >= 0.3 is 0 Å². The van der Waals surface area contributed by atoms with Gasteiger partial charge in [-0.1, -0.05) is 0 Å². The summed E-state index contributed by atoms with van der Waals surface area (Å²) in [5.74, 6) is 1.02. The van der Waals surface area contributed by atoms with Crippen molar-refractivity contribution < 1.29 is 18.3 Å². The molecule has 25 heavy (non-hydrogen) atoms. The van der Waals surface area contributed by atoms with Gasteiger partial charge in [0.2, 0.25) is 0 Å². The third-order valence-electron chi connectivity index (χ3n) is 3.54. The maximum absolute atomic E-state index is 13.8. The van der Waals surface area contributed by atoms with Gasteiger partial charge in [0.05, 0.1) is 25.7 Å². The maximum Gasteiger partial charge on any atom is 0.191 e. The number of hydrogen-bond donors (Lipinski definition) is 2. The Morgan fingerprint density at radius 2 is 2.20 bits per heavy atom. The number of nitrogens with zero attached hydrogens (tertiary/aromatic N) is 1. The SMILES string of the molecule is CCNC(=NCc1ccoc1)NCc1cc(F)cc2c1OCOC2.I. The van der Waals surface area contributed by atoms with E-state index in [9.17, 15) is 4.39 Å². The van der Waals surface area contributed by atoms with E-state index in [1.54, 1.807) is 12.5 Å². The molecule has 0 amide bonds. The van der Waals surface area contributed by atoms with E-state index in [2.05, 4.69) is 15.6 Å². The van der Waals surface area contributed by atoms with Gasteiger partial charge in [0.15, 0.2) is 12.8 Å². The average Bonchev–Trinajstić information content (AvgIpc) is 3.10.